The van der Waals surface area contributed by atoms with Gasteiger partial charge in [0.2, 0.25) is 0 Å². The molecule has 0 heterocycles. The average Bonchev–Trinajstić information content (AvgIpc) is 2.37. The molecule has 0 aromatic heterocycles. The molecule has 20 heavy (non-hydrogen) atoms. The van der Waals surface area contributed by atoms with Gasteiger partial charge in [-0.1, -0.05) is 11.8 Å². The van der Waals surface area contributed by atoms with Gasteiger partial charge in [-0.2, -0.15) is 0 Å². The Hall–Kier alpha value is -2.02. The fourth-order valence-electron chi connectivity index (χ4n) is 1.47. The summed E-state index contributed by atoms with van der Waals surface area (Å²) in [6.45, 7) is 0. The van der Waals surface area contributed by atoms with E-state index in [1.54, 1.807) is 0 Å². The van der Waals surface area contributed by atoms with E-state index in [1.165, 1.54) is 6.07 Å². The molecule has 0 bridgehead atoms. The summed E-state index contributed by atoms with van der Waals surface area (Å²) >= 11 is 0.616. The second kappa shape index (κ2) is 5.54. The first kappa shape index (κ1) is 14.4. The minimum Gasteiger partial charge on any atom is -0.384 e. The van der Waals surface area contributed by atoms with Crippen LogP contribution in [0.3, 0.4) is 0 Å². The zero-order valence-corrected chi connectivity index (χ0v) is 10.7. The summed E-state index contributed by atoms with van der Waals surface area (Å²) in [5.74, 6) is -4.46. The van der Waals surface area contributed by atoms with Crippen LogP contribution in [0.15, 0.2) is 40.1 Å². The minimum atomic E-state index is -1.10. The third-order valence-electron chi connectivity index (χ3n) is 2.42. The Morgan fingerprint density at radius 3 is 2.00 bits per heavy atom. The number of nitrogens with one attached hydrogen (secondary N) is 1. The smallest absolute Gasteiger partial charge is 0.159 e. The number of benzene rings is 2. The Kier molecular flexibility index (Phi) is 3.99. The van der Waals surface area contributed by atoms with Crippen molar-refractivity contribution in [3.05, 3.63) is 59.2 Å². The van der Waals surface area contributed by atoms with Gasteiger partial charge in [-0.15, -0.1) is 0 Å². The third-order valence-corrected chi connectivity index (χ3v) is 3.50. The number of halogens is 4. The zero-order chi connectivity index (χ0) is 14.9. The van der Waals surface area contributed by atoms with Crippen molar-refractivity contribution in [2.45, 2.75) is 9.79 Å². The maximum absolute atomic E-state index is 13.8. The normalized spacial score (nSPS) is 10.6. The Labute approximate surface area is 116 Å². The van der Waals surface area contributed by atoms with Crippen molar-refractivity contribution in [3.63, 3.8) is 0 Å². The van der Waals surface area contributed by atoms with E-state index in [1.807, 2.05) is 0 Å². The standard InChI is InChI=1S/C13H8F4N2S/c14-8-2-1-7(5-9(8)15)20-12-10(16)3-6(13(18)19)4-11(12)17/h1-5H,(H3,18,19). The summed E-state index contributed by atoms with van der Waals surface area (Å²) in [5, 5.41) is 7.12. The van der Waals surface area contributed by atoms with Crippen molar-refractivity contribution < 1.29 is 17.6 Å². The molecule has 2 aromatic rings. The Morgan fingerprint density at radius 2 is 1.50 bits per heavy atom. The van der Waals surface area contributed by atoms with Crippen LogP contribution in [0.1, 0.15) is 5.56 Å². The van der Waals surface area contributed by atoms with Crippen molar-refractivity contribution in [1.82, 2.24) is 0 Å². The Balaban J connectivity index is 2.38. The van der Waals surface area contributed by atoms with E-state index in [9.17, 15) is 17.6 Å². The molecule has 0 unspecified atom stereocenters. The molecule has 104 valence electrons. The van der Waals surface area contributed by atoms with E-state index in [4.69, 9.17) is 11.1 Å². The number of amidine groups is 1. The monoisotopic (exact) mass is 300 g/mol. The summed E-state index contributed by atoms with van der Waals surface area (Å²) in [4.78, 5) is -0.224. The van der Waals surface area contributed by atoms with E-state index in [2.05, 4.69) is 0 Å². The second-order valence-electron chi connectivity index (χ2n) is 3.86. The molecule has 2 rings (SSSR count). The van der Waals surface area contributed by atoms with Crippen LogP contribution in [-0.2, 0) is 0 Å². The minimum absolute atomic E-state index is 0.0883. The van der Waals surface area contributed by atoms with E-state index in [-0.39, 0.29) is 15.4 Å². The van der Waals surface area contributed by atoms with Gasteiger partial charge in [0, 0.05) is 10.5 Å². The van der Waals surface area contributed by atoms with Crippen LogP contribution in [0.4, 0.5) is 17.6 Å². The number of rotatable bonds is 3. The molecular formula is C13H8F4N2S. The lowest BCUT2D eigenvalue weighted by Crippen LogP contribution is -2.12. The number of nitrogens with two attached hydrogens (primary N) is 1. The second-order valence-corrected chi connectivity index (χ2v) is 4.94. The molecular weight excluding hydrogens is 292 g/mol. The lowest BCUT2D eigenvalue weighted by Gasteiger charge is -2.07. The summed E-state index contributed by atoms with van der Waals surface area (Å²) in [7, 11) is 0. The lowest BCUT2D eigenvalue weighted by atomic mass is 10.2. The SMILES string of the molecule is N=C(N)c1cc(F)c(Sc2ccc(F)c(F)c2)c(F)c1. The summed E-state index contributed by atoms with van der Waals surface area (Å²) < 4.78 is 53.3. The summed E-state index contributed by atoms with van der Waals surface area (Å²) in [6, 6.07) is 4.75. The number of nitrogen functional groups attached to an aromatic ring is 1. The molecule has 3 N–H and O–H groups in total. The molecule has 0 radical (unpaired) electrons. The van der Waals surface area contributed by atoms with Gasteiger partial charge in [0.1, 0.15) is 17.5 Å². The molecule has 2 aromatic carbocycles. The van der Waals surface area contributed by atoms with Crippen LogP contribution in [-0.4, -0.2) is 5.84 Å². The quantitative estimate of drug-likeness (QED) is 0.516. The van der Waals surface area contributed by atoms with Crippen LogP contribution in [0.5, 0.6) is 0 Å². The Bertz CT molecular complexity index is 665. The fraction of sp³-hybridized carbons (Fsp3) is 0. The highest BCUT2D eigenvalue weighted by atomic mass is 32.2. The maximum atomic E-state index is 13.8. The number of hydrogen-bond acceptors (Lipinski definition) is 2. The molecule has 0 aliphatic heterocycles. The van der Waals surface area contributed by atoms with Gasteiger partial charge in [0.05, 0.1) is 4.90 Å². The van der Waals surface area contributed by atoms with Crippen LogP contribution in [0.25, 0.3) is 0 Å². The van der Waals surface area contributed by atoms with E-state index in [0.717, 1.165) is 24.3 Å². The molecule has 0 saturated heterocycles. The first-order chi connectivity index (χ1) is 9.38. The average molecular weight is 300 g/mol. The molecule has 2 nitrogen and oxygen atoms in total. The van der Waals surface area contributed by atoms with E-state index >= 15 is 0 Å². The van der Waals surface area contributed by atoms with E-state index in [0.29, 0.717) is 11.8 Å². The molecule has 0 aliphatic rings. The molecule has 0 amide bonds. The predicted molar refractivity (Wildman–Crippen MR) is 67.9 cm³/mol. The number of hydrogen-bond donors (Lipinski definition) is 2. The maximum Gasteiger partial charge on any atom is 0.159 e. The van der Waals surface area contributed by atoms with Crippen molar-refractivity contribution in [2.75, 3.05) is 0 Å². The van der Waals surface area contributed by atoms with Gasteiger partial charge < -0.3 is 5.73 Å². The van der Waals surface area contributed by atoms with Crippen LogP contribution < -0.4 is 5.73 Å². The van der Waals surface area contributed by atoms with Gasteiger partial charge in [-0.05, 0) is 30.3 Å². The highest BCUT2D eigenvalue weighted by Gasteiger charge is 2.15. The lowest BCUT2D eigenvalue weighted by molar-refractivity contribution is 0.505. The Morgan fingerprint density at radius 1 is 0.900 bits per heavy atom. The molecule has 0 saturated carbocycles. The molecule has 0 aliphatic carbocycles. The van der Waals surface area contributed by atoms with Crippen LogP contribution in [0, 0.1) is 28.7 Å². The zero-order valence-electron chi connectivity index (χ0n) is 9.88. The van der Waals surface area contributed by atoms with Crippen molar-refractivity contribution in [1.29, 1.82) is 5.41 Å². The first-order valence-corrected chi connectivity index (χ1v) is 6.16. The van der Waals surface area contributed by atoms with Crippen molar-refractivity contribution in [2.24, 2.45) is 5.73 Å². The first-order valence-electron chi connectivity index (χ1n) is 5.35. The van der Waals surface area contributed by atoms with Crippen LogP contribution >= 0.6 is 11.8 Å². The van der Waals surface area contributed by atoms with E-state index < -0.39 is 29.1 Å². The highest BCUT2D eigenvalue weighted by Crippen LogP contribution is 2.33. The molecule has 0 spiro atoms. The molecule has 7 heteroatoms. The van der Waals surface area contributed by atoms with Gasteiger partial charge in [-0.3, -0.25) is 5.41 Å². The van der Waals surface area contributed by atoms with Gasteiger partial charge in [-0.25, -0.2) is 17.6 Å². The third kappa shape index (κ3) is 2.93. The topological polar surface area (TPSA) is 49.9 Å². The largest absolute Gasteiger partial charge is 0.384 e. The molecule has 0 atom stereocenters. The summed E-state index contributed by atoms with van der Waals surface area (Å²) in [6.07, 6.45) is 0. The van der Waals surface area contributed by atoms with Gasteiger partial charge in [0.15, 0.2) is 11.6 Å². The molecule has 0 fully saturated rings. The van der Waals surface area contributed by atoms with Crippen molar-refractivity contribution >= 4 is 17.6 Å². The predicted octanol–water partition coefficient (Wildman–Crippen LogP) is 3.68. The highest BCUT2D eigenvalue weighted by molar-refractivity contribution is 7.99. The fourth-order valence-corrected chi connectivity index (χ4v) is 2.32. The van der Waals surface area contributed by atoms with Crippen molar-refractivity contribution in [3.8, 4) is 0 Å². The van der Waals surface area contributed by atoms with Gasteiger partial charge in [0.25, 0.3) is 0 Å². The summed E-state index contributed by atoms with van der Waals surface area (Å²) in [5.41, 5.74) is 5.05. The van der Waals surface area contributed by atoms with Crippen LogP contribution in [0.2, 0.25) is 0 Å². The van der Waals surface area contributed by atoms with Gasteiger partial charge >= 0.3 is 0 Å².